The largest absolute Gasteiger partial charge is 0.204 e. The molecule has 0 aliphatic rings. The minimum Gasteiger partial charge on any atom is -0.161 e. The standard InChI is InChI=1S/C22H28N8Si/c1-15(2)29-25-21(23-27-29)17-7-11-19(12-8-17)31(5,6)20-13-9-18(10-14-20)22-24-28-30(26-22)16(3)4/h7-16H,1-6H3. The van der Waals surface area contributed by atoms with Crippen LogP contribution < -0.4 is 10.4 Å². The molecule has 9 heteroatoms. The lowest BCUT2D eigenvalue weighted by Crippen LogP contribution is -2.52. The molecule has 2 aromatic heterocycles. The maximum Gasteiger partial charge on any atom is 0.204 e. The number of hydrogen-bond donors (Lipinski definition) is 0. The Hall–Kier alpha value is -3.20. The summed E-state index contributed by atoms with van der Waals surface area (Å²) in [5.41, 5.74) is 1.96. The van der Waals surface area contributed by atoms with Crippen molar-refractivity contribution in [1.29, 1.82) is 0 Å². The predicted octanol–water partition coefficient (Wildman–Crippen LogP) is 2.98. The Kier molecular flexibility index (Phi) is 5.53. The lowest BCUT2D eigenvalue weighted by atomic mass is 10.2. The zero-order valence-corrected chi connectivity index (χ0v) is 19.9. The quantitative estimate of drug-likeness (QED) is 0.435. The van der Waals surface area contributed by atoms with Gasteiger partial charge in [-0.1, -0.05) is 72.0 Å². The fourth-order valence-electron chi connectivity index (χ4n) is 3.36. The molecule has 0 N–H and O–H groups in total. The number of tetrazole rings is 2. The number of benzene rings is 2. The van der Waals surface area contributed by atoms with Gasteiger partial charge >= 0.3 is 0 Å². The summed E-state index contributed by atoms with van der Waals surface area (Å²) in [7, 11) is -1.85. The van der Waals surface area contributed by atoms with Gasteiger partial charge in [-0.25, -0.2) is 0 Å². The van der Waals surface area contributed by atoms with Crippen LogP contribution in [0.15, 0.2) is 48.5 Å². The lowest BCUT2D eigenvalue weighted by molar-refractivity contribution is 0.455. The summed E-state index contributed by atoms with van der Waals surface area (Å²) in [4.78, 5) is 3.27. The fraction of sp³-hybridized carbons (Fsp3) is 0.364. The zero-order chi connectivity index (χ0) is 22.2. The molecular formula is C22H28N8Si. The molecule has 0 bridgehead atoms. The summed E-state index contributed by atoms with van der Waals surface area (Å²) in [5, 5.41) is 28.3. The SMILES string of the molecule is CC(C)n1nnc(-c2ccc([Si](C)(C)c3ccc(-c4nnn(C(C)C)n4)cc3)cc2)n1. The van der Waals surface area contributed by atoms with Crippen LogP contribution in [0, 0.1) is 0 Å². The number of rotatable bonds is 6. The van der Waals surface area contributed by atoms with E-state index in [1.807, 2.05) is 27.7 Å². The van der Waals surface area contributed by atoms with E-state index in [2.05, 4.69) is 92.4 Å². The lowest BCUT2D eigenvalue weighted by Gasteiger charge is -2.24. The second-order valence-electron chi connectivity index (χ2n) is 8.83. The van der Waals surface area contributed by atoms with E-state index in [-0.39, 0.29) is 12.1 Å². The van der Waals surface area contributed by atoms with Gasteiger partial charge < -0.3 is 0 Å². The summed E-state index contributed by atoms with van der Waals surface area (Å²) in [6, 6.07) is 17.5. The van der Waals surface area contributed by atoms with Crippen LogP contribution in [0.1, 0.15) is 39.8 Å². The van der Waals surface area contributed by atoms with E-state index in [1.54, 1.807) is 9.59 Å². The molecule has 0 unspecified atom stereocenters. The molecule has 0 spiro atoms. The highest BCUT2D eigenvalue weighted by Gasteiger charge is 2.26. The van der Waals surface area contributed by atoms with Crippen molar-refractivity contribution in [3.8, 4) is 22.8 Å². The summed E-state index contributed by atoms with van der Waals surface area (Å²) in [5.74, 6) is 1.32. The van der Waals surface area contributed by atoms with E-state index in [1.165, 1.54) is 10.4 Å². The summed E-state index contributed by atoms with van der Waals surface area (Å²) >= 11 is 0. The van der Waals surface area contributed by atoms with Crippen LogP contribution in [0.3, 0.4) is 0 Å². The summed E-state index contributed by atoms with van der Waals surface area (Å²) in [6.45, 7) is 12.9. The summed E-state index contributed by atoms with van der Waals surface area (Å²) < 4.78 is 0. The molecule has 8 nitrogen and oxygen atoms in total. The Morgan fingerprint density at radius 2 is 0.968 bits per heavy atom. The van der Waals surface area contributed by atoms with Crippen molar-refractivity contribution in [2.75, 3.05) is 0 Å². The normalized spacial score (nSPS) is 12.1. The highest BCUT2D eigenvalue weighted by Crippen LogP contribution is 2.17. The minimum absolute atomic E-state index is 0.194. The van der Waals surface area contributed by atoms with Crippen LogP contribution in [0.2, 0.25) is 13.1 Å². The molecule has 0 saturated carbocycles. The van der Waals surface area contributed by atoms with Crippen molar-refractivity contribution in [1.82, 2.24) is 40.4 Å². The van der Waals surface area contributed by atoms with Gasteiger partial charge in [-0.2, -0.15) is 9.59 Å². The molecule has 0 aliphatic carbocycles. The van der Waals surface area contributed by atoms with Crippen molar-refractivity contribution in [2.24, 2.45) is 0 Å². The van der Waals surface area contributed by atoms with Crippen LogP contribution >= 0.6 is 0 Å². The van der Waals surface area contributed by atoms with Crippen molar-refractivity contribution in [3.05, 3.63) is 48.5 Å². The van der Waals surface area contributed by atoms with Crippen LogP contribution in [-0.2, 0) is 0 Å². The van der Waals surface area contributed by atoms with E-state index in [0.717, 1.165) is 11.1 Å². The van der Waals surface area contributed by atoms with Crippen molar-refractivity contribution in [2.45, 2.75) is 52.9 Å². The van der Waals surface area contributed by atoms with Crippen molar-refractivity contribution in [3.63, 3.8) is 0 Å². The van der Waals surface area contributed by atoms with Crippen LogP contribution in [0.25, 0.3) is 22.8 Å². The van der Waals surface area contributed by atoms with Gasteiger partial charge in [0.1, 0.15) is 8.07 Å². The number of nitrogens with zero attached hydrogens (tertiary/aromatic N) is 8. The van der Waals surface area contributed by atoms with Gasteiger partial charge in [0.05, 0.1) is 12.1 Å². The molecule has 2 heterocycles. The monoisotopic (exact) mass is 432 g/mol. The van der Waals surface area contributed by atoms with E-state index in [0.29, 0.717) is 11.6 Å². The Morgan fingerprint density at radius 3 is 1.26 bits per heavy atom. The van der Waals surface area contributed by atoms with Gasteiger partial charge in [-0.05, 0) is 38.1 Å². The van der Waals surface area contributed by atoms with E-state index in [9.17, 15) is 0 Å². The molecule has 4 rings (SSSR count). The van der Waals surface area contributed by atoms with Crippen LogP contribution in [0.5, 0.6) is 0 Å². The molecular weight excluding hydrogens is 404 g/mol. The Balaban J connectivity index is 1.55. The highest BCUT2D eigenvalue weighted by atomic mass is 28.3. The Bertz CT molecular complexity index is 1070. The first-order chi connectivity index (χ1) is 14.8. The van der Waals surface area contributed by atoms with Crippen LogP contribution in [0.4, 0.5) is 0 Å². The van der Waals surface area contributed by atoms with Crippen molar-refractivity contribution >= 4 is 18.4 Å². The average molecular weight is 433 g/mol. The third kappa shape index (κ3) is 4.18. The van der Waals surface area contributed by atoms with Gasteiger partial charge in [-0.3, -0.25) is 0 Å². The second-order valence-corrected chi connectivity index (χ2v) is 13.2. The first-order valence-electron chi connectivity index (χ1n) is 10.6. The predicted molar refractivity (Wildman–Crippen MR) is 124 cm³/mol. The third-order valence-corrected chi connectivity index (χ3v) is 9.06. The number of hydrogen-bond acceptors (Lipinski definition) is 6. The van der Waals surface area contributed by atoms with E-state index in [4.69, 9.17) is 0 Å². The summed E-state index contributed by atoms with van der Waals surface area (Å²) in [6.07, 6.45) is 0. The molecule has 2 aromatic carbocycles. The van der Waals surface area contributed by atoms with Gasteiger partial charge in [-0.15, -0.1) is 20.4 Å². The van der Waals surface area contributed by atoms with Gasteiger partial charge in [0.25, 0.3) is 0 Å². The molecule has 0 radical (unpaired) electrons. The Labute approximate surface area is 183 Å². The first kappa shape index (κ1) is 21.0. The highest BCUT2D eigenvalue weighted by molar-refractivity contribution is 7.00. The molecule has 160 valence electrons. The molecule has 4 aromatic rings. The second kappa shape index (κ2) is 8.14. The van der Waals surface area contributed by atoms with Crippen LogP contribution in [-0.4, -0.2) is 48.5 Å². The topological polar surface area (TPSA) is 87.2 Å². The van der Waals surface area contributed by atoms with Gasteiger partial charge in [0.2, 0.25) is 11.6 Å². The van der Waals surface area contributed by atoms with Crippen molar-refractivity contribution < 1.29 is 0 Å². The van der Waals surface area contributed by atoms with E-state index < -0.39 is 8.07 Å². The Morgan fingerprint density at radius 1 is 0.613 bits per heavy atom. The average Bonchev–Trinajstić information content (AvgIpc) is 3.44. The smallest absolute Gasteiger partial charge is 0.161 e. The maximum atomic E-state index is 4.47. The van der Waals surface area contributed by atoms with E-state index >= 15 is 0 Å². The molecule has 0 saturated heterocycles. The fourth-order valence-corrected chi connectivity index (χ4v) is 5.69. The molecule has 0 aliphatic heterocycles. The van der Waals surface area contributed by atoms with Gasteiger partial charge in [0.15, 0.2) is 0 Å². The molecule has 0 atom stereocenters. The first-order valence-corrected chi connectivity index (χ1v) is 13.6. The minimum atomic E-state index is -1.85. The maximum absolute atomic E-state index is 4.47. The molecule has 0 fully saturated rings. The zero-order valence-electron chi connectivity index (χ0n) is 18.9. The third-order valence-electron chi connectivity index (χ3n) is 5.51. The number of aromatic nitrogens is 8. The molecule has 31 heavy (non-hydrogen) atoms. The van der Waals surface area contributed by atoms with Gasteiger partial charge in [0, 0.05) is 11.1 Å². The molecule has 0 amide bonds.